The Balaban J connectivity index is 1.68. The third kappa shape index (κ3) is 2.87. The highest BCUT2D eigenvalue weighted by atomic mass is 16.2. The summed E-state index contributed by atoms with van der Waals surface area (Å²) in [6, 6.07) is 9.87. The van der Waals surface area contributed by atoms with Crippen LogP contribution in [0.2, 0.25) is 0 Å². The predicted octanol–water partition coefficient (Wildman–Crippen LogP) is 2.33. The van der Waals surface area contributed by atoms with E-state index in [2.05, 4.69) is 15.5 Å². The lowest BCUT2D eigenvalue weighted by Gasteiger charge is -2.22. The molecule has 5 heteroatoms. The van der Waals surface area contributed by atoms with Crippen molar-refractivity contribution in [2.75, 3.05) is 0 Å². The van der Waals surface area contributed by atoms with Crippen molar-refractivity contribution in [2.45, 2.75) is 38.1 Å². The molecule has 1 aliphatic rings. The second kappa shape index (κ2) is 5.86. The van der Waals surface area contributed by atoms with Gasteiger partial charge in [0.25, 0.3) is 5.91 Å². The zero-order valence-electron chi connectivity index (χ0n) is 11.3. The van der Waals surface area contributed by atoms with Crippen LogP contribution in [0.5, 0.6) is 0 Å². The summed E-state index contributed by atoms with van der Waals surface area (Å²) < 4.78 is 0. The van der Waals surface area contributed by atoms with Crippen LogP contribution in [0.15, 0.2) is 36.5 Å². The van der Waals surface area contributed by atoms with Crippen molar-refractivity contribution in [1.82, 2.24) is 20.3 Å². The summed E-state index contributed by atoms with van der Waals surface area (Å²) in [5, 5.41) is 11.4. The number of carbonyl (C=O) groups excluding carboxylic acids is 1. The molecule has 0 saturated heterocycles. The molecule has 0 aliphatic heterocycles. The molecule has 1 amide bonds. The summed E-state index contributed by atoms with van der Waals surface area (Å²) in [4.78, 5) is 13.6. The van der Waals surface area contributed by atoms with Gasteiger partial charge in [-0.3, -0.25) is 4.79 Å². The van der Waals surface area contributed by atoms with Crippen LogP contribution in [0.4, 0.5) is 0 Å². The molecule has 0 radical (unpaired) electrons. The summed E-state index contributed by atoms with van der Waals surface area (Å²) in [5.41, 5.74) is 1.23. The number of aromatic nitrogens is 3. The predicted molar refractivity (Wildman–Crippen MR) is 75.7 cm³/mol. The van der Waals surface area contributed by atoms with Crippen LogP contribution in [0, 0.1) is 0 Å². The quantitative estimate of drug-likeness (QED) is 0.931. The lowest BCUT2D eigenvalue weighted by atomic mass is 9.95. The van der Waals surface area contributed by atoms with Crippen molar-refractivity contribution in [3.05, 3.63) is 42.2 Å². The van der Waals surface area contributed by atoms with E-state index in [1.807, 2.05) is 30.3 Å². The van der Waals surface area contributed by atoms with E-state index in [1.165, 1.54) is 30.3 Å². The average Bonchev–Trinajstić information content (AvgIpc) is 2.99. The smallest absolute Gasteiger partial charge is 0.273 e. The number of para-hydroxylation sites is 1. The molecule has 104 valence electrons. The van der Waals surface area contributed by atoms with Gasteiger partial charge < -0.3 is 5.32 Å². The first kappa shape index (κ1) is 12.8. The van der Waals surface area contributed by atoms with Crippen molar-refractivity contribution in [3.8, 4) is 5.69 Å². The van der Waals surface area contributed by atoms with E-state index in [0.717, 1.165) is 18.5 Å². The SMILES string of the molecule is O=C(NC1CCCCC1)c1cnn(-c2ccccc2)n1. The Hall–Kier alpha value is -2.17. The molecule has 5 nitrogen and oxygen atoms in total. The Labute approximate surface area is 118 Å². The van der Waals surface area contributed by atoms with E-state index in [0.29, 0.717) is 5.69 Å². The molecular weight excluding hydrogens is 252 g/mol. The van der Waals surface area contributed by atoms with Crippen LogP contribution in [-0.2, 0) is 0 Å². The lowest BCUT2D eigenvalue weighted by molar-refractivity contribution is 0.0922. The van der Waals surface area contributed by atoms with Gasteiger partial charge in [0.15, 0.2) is 5.69 Å². The van der Waals surface area contributed by atoms with Crippen LogP contribution in [0.1, 0.15) is 42.6 Å². The normalized spacial score (nSPS) is 16.0. The molecule has 1 aromatic carbocycles. The molecule has 0 atom stereocenters. The Morgan fingerprint density at radius 2 is 1.90 bits per heavy atom. The molecule has 1 aromatic heterocycles. The van der Waals surface area contributed by atoms with E-state index >= 15 is 0 Å². The van der Waals surface area contributed by atoms with Crippen molar-refractivity contribution >= 4 is 5.91 Å². The van der Waals surface area contributed by atoms with E-state index < -0.39 is 0 Å². The highest BCUT2D eigenvalue weighted by molar-refractivity contribution is 5.92. The van der Waals surface area contributed by atoms with Gasteiger partial charge in [0.2, 0.25) is 0 Å². The van der Waals surface area contributed by atoms with Crippen molar-refractivity contribution < 1.29 is 4.79 Å². The molecule has 0 unspecified atom stereocenters. The van der Waals surface area contributed by atoms with Gasteiger partial charge in [-0.1, -0.05) is 37.5 Å². The molecule has 3 rings (SSSR count). The van der Waals surface area contributed by atoms with Gasteiger partial charge in [-0.2, -0.15) is 9.90 Å². The molecule has 2 aromatic rings. The molecular formula is C15H18N4O. The fourth-order valence-electron chi connectivity index (χ4n) is 2.56. The molecule has 1 fully saturated rings. The van der Waals surface area contributed by atoms with Crippen LogP contribution in [0.3, 0.4) is 0 Å². The van der Waals surface area contributed by atoms with Gasteiger partial charge in [-0.25, -0.2) is 0 Å². The van der Waals surface area contributed by atoms with Gasteiger partial charge in [0, 0.05) is 6.04 Å². The number of hydrogen-bond donors (Lipinski definition) is 1. The Bertz CT molecular complexity index is 573. The minimum atomic E-state index is -0.126. The van der Waals surface area contributed by atoms with Crippen LogP contribution < -0.4 is 5.32 Å². The van der Waals surface area contributed by atoms with Crippen molar-refractivity contribution in [3.63, 3.8) is 0 Å². The summed E-state index contributed by atoms with van der Waals surface area (Å²) >= 11 is 0. The average molecular weight is 270 g/mol. The maximum absolute atomic E-state index is 12.1. The monoisotopic (exact) mass is 270 g/mol. The minimum Gasteiger partial charge on any atom is -0.348 e. The molecule has 1 heterocycles. The van der Waals surface area contributed by atoms with Gasteiger partial charge in [-0.05, 0) is 25.0 Å². The number of carbonyl (C=O) groups is 1. The second-order valence-corrected chi connectivity index (χ2v) is 5.16. The number of nitrogens with zero attached hydrogens (tertiary/aromatic N) is 3. The zero-order valence-corrected chi connectivity index (χ0v) is 11.3. The Morgan fingerprint density at radius 1 is 1.15 bits per heavy atom. The fraction of sp³-hybridized carbons (Fsp3) is 0.400. The number of amides is 1. The Morgan fingerprint density at radius 3 is 2.65 bits per heavy atom. The molecule has 0 spiro atoms. The lowest BCUT2D eigenvalue weighted by Crippen LogP contribution is -2.36. The van der Waals surface area contributed by atoms with E-state index in [9.17, 15) is 4.79 Å². The fourth-order valence-corrected chi connectivity index (χ4v) is 2.56. The number of hydrogen-bond acceptors (Lipinski definition) is 3. The third-order valence-electron chi connectivity index (χ3n) is 3.65. The first-order valence-corrected chi connectivity index (χ1v) is 7.11. The summed E-state index contributed by atoms with van der Waals surface area (Å²) in [5.74, 6) is -0.126. The topological polar surface area (TPSA) is 59.8 Å². The van der Waals surface area contributed by atoms with Crippen molar-refractivity contribution in [2.24, 2.45) is 0 Å². The Kier molecular flexibility index (Phi) is 3.76. The molecule has 1 N–H and O–H groups in total. The third-order valence-corrected chi connectivity index (χ3v) is 3.65. The van der Waals surface area contributed by atoms with E-state index in [-0.39, 0.29) is 11.9 Å². The first-order chi connectivity index (χ1) is 9.83. The molecule has 1 aliphatic carbocycles. The molecule has 1 saturated carbocycles. The van der Waals surface area contributed by atoms with Crippen LogP contribution in [0.25, 0.3) is 5.69 Å². The van der Waals surface area contributed by atoms with Crippen LogP contribution >= 0.6 is 0 Å². The highest BCUT2D eigenvalue weighted by Gasteiger charge is 2.18. The van der Waals surface area contributed by atoms with Gasteiger partial charge in [-0.15, -0.1) is 5.10 Å². The molecule has 20 heavy (non-hydrogen) atoms. The van der Waals surface area contributed by atoms with Crippen LogP contribution in [-0.4, -0.2) is 26.9 Å². The standard InChI is InChI=1S/C15H18N4O/c20-15(17-12-7-3-1-4-8-12)14-11-16-19(18-14)13-9-5-2-6-10-13/h2,5-6,9-12H,1,3-4,7-8H2,(H,17,20). The summed E-state index contributed by atoms with van der Waals surface area (Å²) in [7, 11) is 0. The second-order valence-electron chi connectivity index (χ2n) is 5.16. The van der Waals surface area contributed by atoms with Crippen molar-refractivity contribution in [1.29, 1.82) is 0 Å². The van der Waals surface area contributed by atoms with Gasteiger partial charge in [0.1, 0.15) is 0 Å². The van der Waals surface area contributed by atoms with E-state index in [1.54, 1.807) is 0 Å². The highest BCUT2D eigenvalue weighted by Crippen LogP contribution is 2.17. The summed E-state index contributed by atoms with van der Waals surface area (Å²) in [6.07, 6.45) is 7.32. The van der Waals surface area contributed by atoms with E-state index in [4.69, 9.17) is 0 Å². The largest absolute Gasteiger partial charge is 0.348 e. The molecule has 0 bridgehead atoms. The number of rotatable bonds is 3. The van der Waals surface area contributed by atoms with Gasteiger partial charge in [0.05, 0.1) is 11.9 Å². The number of nitrogens with one attached hydrogen (secondary N) is 1. The summed E-state index contributed by atoms with van der Waals surface area (Å²) in [6.45, 7) is 0. The van der Waals surface area contributed by atoms with Gasteiger partial charge >= 0.3 is 0 Å². The maximum Gasteiger partial charge on any atom is 0.273 e. The number of benzene rings is 1. The minimum absolute atomic E-state index is 0.126. The first-order valence-electron chi connectivity index (χ1n) is 7.11. The maximum atomic E-state index is 12.1. The zero-order chi connectivity index (χ0) is 13.8.